The lowest BCUT2D eigenvalue weighted by Crippen LogP contribution is -2.38. The fourth-order valence-corrected chi connectivity index (χ4v) is 3.78. The molecule has 2 saturated heterocycles. The van der Waals surface area contributed by atoms with Gasteiger partial charge in [-0.3, -0.25) is 14.5 Å². The van der Waals surface area contributed by atoms with Crippen LogP contribution < -0.4 is 10.2 Å². The molecular weight excluding hydrogens is 354 g/mol. The van der Waals surface area contributed by atoms with Gasteiger partial charge in [0.2, 0.25) is 5.91 Å². The normalized spacial score (nSPS) is 19.9. The fraction of sp³-hybridized carbons (Fsp3) is 0.364. The van der Waals surface area contributed by atoms with Crippen LogP contribution in [0.2, 0.25) is 0 Å². The lowest BCUT2D eigenvalue weighted by Gasteiger charge is -2.31. The van der Waals surface area contributed by atoms with E-state index in [9.17, 15) is 9.59 Å². The number of ether oxygens (including phenoxy) is 1. The van der Waals surface area contributed by atoms with E-state index in [4.69, 9.17) is 4.74 Å². The fourth-order valence-electron chi connectivity index (χ4n) is 3.78. The first kappa shape index (κ1) is 18.5. The van der Waals surface area contributed by atoms with E-state index in [-0.39, 0.29) is 18.2 Å². The number of hydrogen-bond acceptors (Lipinski definition) is 5. The Labute approximate surface area is 165 Å². The van der Waals surface area contributed by atoms with E-state index >= 15 is 0 Å². The Balaban J connectivity index is 1.43. The molecule has 2 aromatic carbocycles. The molecule has 1 atom stereocenters. The lowest BCUT2D eigenvalue weighted by atomic mass is 10.1. The predicted octanol–water partition coefficient (Wildman–Crippen LogP) is 2.31. The molecule has 146 valence electrons. The van der Waals surface area contributed by atoms with Crippen molar-refractivity contribution in [3.05, 3.63) is 60.2 Å². The molecule has 0 unspecified atom stereocenters. The number of rotatable bonds is 6. The number of nitrogens with one attached hydrogen (secondary N) is 1. The molecule has 0 spiro atoms. The first-order chi connectivity index (χ1) is 13.7. The monoisotopic (exact) mass is 379 g/mol. The van der Waals surface area contributed by atoms with E-state index in [1.54, 1.807) is 0 Å². The Morgan fingerprint density at radius 1 is 0.964 bits per heavy atom. The maximum absolute atomic E-state index is 12.8. The summed E-state index contributed by atoms with van der Waals surface area (Å²) in [4.78, 5) is 28.9. The largest absolute Gasteiger partial charge is 0.378 e. The predicted molar refractivity (Wildman–Crippen MR) is 108 cm³/mol. The van der Waals surface area contributed by atoms with Gasteiger partial charge < -0.3 is 15.0 Å². The zero-order chi connectivity index (χ0) is 19.3. The van der Waals surface area contributed by atoms with Crippen molar-refractivity contribution in [1.82, 2.24) is 4.90 Å². The highest BCUT2D eigenvalue weighted by Gasteiger charge is 2.38. The number of benzene rings is 2. The summed E-state index contributed by atoms with van der Waals surface area (Å²) in [6.45, 7) is 3.45. The van der Waals surface area contributed by atoms with Crippen LogP contribution in [0.4, 0.5) is 11.4 Å². The Morgan fingerprint density at radius 3 is 2.46 bits per heavy atom. The van der Waals surface area contributed by atoms with E-state index in [0.29, 0.717) is 26.2 Å². The van der Waals surface area contributed by atoms with Gasteiger partial charge in [0.05, 0.1) is 31.0 Å². The Hall–Kier alpha value is -2.86. The number of nitrogens with zero attached hydrogens (tertiary/aromatic N) is 2. The minimum atomic E-state index is -0.509. The highest BCUT2D eigenvalue weighted by atomic mass is 16.5. The average molecular weight is 379 g/mol. The first-order valence-electron chi connectivity index (χ1n) is 9.79. The maximum atomic E-state index is 12.8. The van der Waals surface area contributed by atoms with Crippen molar-refractivity contribution in [2.45, 2.75) is 18.9 Å². The van der Waals surface area contributed by atoms with Crippen LogP contribution in [-0.4, -0.2) is 55.6 Å². The molecule has 28 heavy (non-hydrogen) atoms. The second-order valence-corrected chi connectivity index (χ2v) is 7.14. The number of amides is 2. The molecule has 2 aliphatic heterocycles. The van der Waals surface area contributed by atoms with Crippen molar-refractivity contribution in [3.63, 3.8) is 0 Å². The summed E-state index contributed by atoms with van der Waals surface area (Å²) in [5.41, 5.74) is 3.06. The molecule has 4 rings (SSSR count). The Bertz CT molecular complexity index is 834. The van der Waals surface area contributed by atoms with Crippen LogP contribution in [0, 0.1) is 0 Å². The third-order valence-electron chi connectivity index (χ3n) is 5.30. The molecule has 2 aromatic rings. The van der Waals surface area contributed by atoms with Gasteiger partial charge in [-0.15, -0.1) is 0 Å². The van der Waals surface area contributed by atoms with Crippen LogP contribution in [0.15, 0.2) is 54.6 Å². The second kappa shape index (κ2) is 8.44. The molecule has 0 saturated carbocycles. The molecule has 2 fully saturated rings. The van der Waals surface area contributed by atoms with Gasteiger partial charge in [-0.25, -0.2) is 0 Å². The molecule has 0 bridgehead atoms. The number of anilines is 2. The molecule has 1 N–H and O–H groups in total. The topological polar surface area (TPSA) is 61.9 Å². The number of morpholine rings is 1. The SMILES string of the molecule is O=C1C[C@@H](Nc2ccccc2N2CCOCC2)C(=O)N1CCc1ccccc1. The number of imide groups is 1. The van der Waals surface area contributed by atoms with Crippen LogP contribution in [0.5, 0.6) is 0 Å². The zero-order valence-electron chi connectivity index (χ0n) is 15.8. The zero-order valence-corrected chi connectivity index (χ0v) is 15.8. The first-order valence-corrected chi connectivity index (χ1v) is 9.79. The Morgan fingerprint density at radius 2 is 1.68 bits per heavy atom. The summed E-state index contributed by atoms with van der Waals surface area (Å²) in [5, 5.41) is 3.32. The van der Waals surface area contributed by atoms with Crippen molar-refractivity contribution in [1.29, 1.82) is 0 Å². The van der Waals surface area contributed by atoms with Crippen molar-refractivity contribution < 1.29 is 14.3 Å². The highest BCUT2D eigenvalue weighted by Crippen LogP contribution is 2.29. The van der Waals surface area contributed by atoms with E-state index in [2.05, 4.69) is 10.2 Å². The van der Waals surface area contributed by atoms with Crippen LogP contribution in [-0.2, 0) is 20.7 Å². The van der Waals surface area contributed by atoms with Crippen LogP contribution >= 0.6 is 0 Å². The van der Waals surface area contributed by atoms with Gasteiger partial charge in [-0.05, 0) is 24.1 Å². The molecule has 0 radical (unpaired) electrons. The minimum absolute atomic E-state index is 0.109. The molecule has 2 heterocycles. The second-order valence-electron chi connectivity index (χ2n) is 7.14. The quantitative estimate of drug-likeness (QED) is 0.781. The van der Waals surface area contributed by atoms with E-state index in [0.717, 1.165) is 30.0 Å². The summed E-state index contributed by atoms with van der Waals surface area (Å²) in [6, 6.07) is 17.4. The summed E-state index contributed by atoms with van der Waals surface area (Å²) < 4.78 is 5.44. The Kier molecular flexibility index (Phi) is 5.58. The summed E-state index contributed by atoms with van der Waals surface area (Å²) >= 11 is 0. The molecule has 2 aliphatic rings. The van der Waals surface area contributed by atoms with Gasteiger partial charge in [-0.2, -0.15) is 0 Å². The van der Waals surface area contributed by atoms with Gasteiger partial charge in [0.25, 0.3) is 5.91 Å². The van der Waals surface area contributed by atoms with E-state index in [1.165, 1.54) is 4.90 Å². The average Bonchev–Trinajstić information content (AvgIpc) is 3.01. The molecule has 6 nitrogen and oxygen atoms in total. The molecule has 0 aromatic heterocycles. The smallest absolute Gasteiger partial charge is 0.252 e. The van der Waals surface area contributed by atoms with Gasteiger partial charge in [0.15, 0.2) is 0 Å². The number of hydrogen-bond donors (Lipinski definition) is 1. The van der Waals surface area contributed by atoms with E-state index in [1.807, 2.05) is 54.6 Å². The standard InChI is InChI=1S/C22H25N3O3/c26-21-16-19(22(27)25(21)11-10-17-6-2-1-3-7-17)23-18-8-4-5-9-20(18)24-12-14-28-15-13-24/h1-9,19,23H,10-16H2/t19-/m1/s1. The maximum Gasteiger partial charge on any atom is 0.252 e. The van der Waals surface area contributed by atoms with Crippen molar-refractivity contribution in [2.75, 3.05) is 43.1 Å². The third-order valence-corrected chi connectivity index (χ3v) is 5.30. The van der Waals surface area contributed by atoms with E-state index < -0.39 is 6.04 Å². The van der Waals surface area contributed by atoms with Crippen molar-refractivity contribution in [3.8, 4) is 0 Å². The van der Waals surface area contributed by atoms with Crippen LogP contribution in [0.25, 0.3) is 0 Å². The van der Waals surface area contributed by atoms with Crippen LogP contribution in [0.1, 0.15) is 12.0 Å². The summed E-state index contributed by atoms with van der Waals surface area (Å²) in [5.74, 6) is -0.250. The van der Waals surface area contributed by atoms with Crippen molar-refractivity contribution in [2.24, 2.45) is 0 Å². The minimum Gasteiger partial charge on any atom is -0.378 e. The number of carbonyl (C=O) groups is 2. The van der Waals surface area contributed by atoms with Gasteiger partial charge >= 0.3 is 0 Å². The molecular formula is C22H25N3O3. The number of para-hydroxylation sites is 2. The highest BCUT2D eigenvalue weighted by molar-refractivity contribution is 6.07. The van der Waals surface area contributed by atoms with Crippen molar-refractivity contribution >= 4 is 23.2 Å². The lowest BCUT2D eigenvalue weighted by molar-refractivity contribution is -0.138. The van der Waals surface area contributed by atoms with Crippen LogP contribution in [0.3, 0.4) is 0 Å². The molecule has 6 heteroatoms. The van der Waals surface area contributed by atoms with Gasteiger partial charge in [-0.1, -0.05) is 42.5 Å². The number of likely N-dealkylation sites (tertiary alicyclic amines) is 1. The summed E-state index contributed by atoms with van der Waals surface area (Å²) in [6.07, 6.45) is 0.875. The third kappa shape index (κ3) is 4.02. The van der Waals surface area contributed by atoms with Gasteiger partial charge in [0, 0.05) is 19.6 Å². The summed E-state index contributed by atoms with van der Waals surface area (Å²) in [7, 11) is 0. The van der Waals surface area contributed by atoms with Gasteiger partial charge in [0.1, 0.15) is 6.04 Å². The molecule has 2 amide bonds. The molecule has 0 aliphatic carbocycles. The number of carbonyl (C=O) groups excluding carboxylic acids is 2.